The van der Waals surface area contributed by atoms with E-state index >= 15 is 4.39 Å². The van der Waals surface area contributed by atoms with Gasteiger partial charge in [-0.1, -0.05) is 18.2 Å². The van der Waals surface area contributed by atoms with Crippen molar-refractivity contribution in [3.63, 3.8) is 0 Å². The van der Waals surface area contributed by atoms with Crippen LogP contribution < -0.4 is 10.1 Å². The summed E-state index contributed by atoms with van der Waals surface area (Å²) in [6.45, 7) is -1.53. The second kappa shape index (κ2) is 10.0. The molecule has 2 fully saturated rings. The number of nitrogens with zero attached hydrogens (tertiary/aromatic N) is 2. The number of benzene rings is 2. The Morgan fingerprint density at radius 3 is 2.37 bits per heavy atom. The highest BCUT2D eigenvalue weighted by molar-refractivity contribution is 6.16. The lowest BCUT2D eigenvalue weighted by Crippen LogP contribution is -2.84. The van der Waals surface area contributed by atoms with E-state index in [-0.39, 0.29) is 46.7 Å². The van der Waals surface area contributed by atoms with Crippen LogP contribution in [0.5, 0.6) is 5.75 Å². The summed E-state index contributed by atoms with van der Waals surface area (Å²) in [5.41, 5.74) is -9.02. The fraction of sp³-hybridized carbons (Fsp3) is 0.400. The van der Waals surface area contributed by atoms with Crippen molar-refractivity contribution in [3.8, 4) is 5.75 Å². The van der Waals surface area contributed by atoms with Gasteiger partial charge < -0.3 is 40.5 Å². The number of hydrogen-bond donors (Lipinski definition) is 8. The Morgan fingerprint density at radius 2 is 1.72 bits per heavy atom. The second-order valence-electron chi connectivity index (χ2n) is 10.4. The van der Waals surface area contributed by atoms with Gasteiger partial charge in [0.15, 0.2) is 19.2 Å². The zero-order valence-corrected chi connectivity index (χ0v) is 22.1. The Hall–Kier alpha value is -3.45. The van der Waals surface area contributed by atoms with Crippen LogP contribution >= 0.6 is 0 Å². The van der Waals surface area contributed by atoms with E-state index in [1.807, 2.05) is 5.32 Å². The Balaban J connectivity index is 1.33. The van der Waals surface area contributed by atoms with Gasteiger partial charge in [-0.2, -0.15) is 0 Å². The van der Waals surface area contributed by atoms with Crippen LogP contribution in [0.4, 0.5) is 4.39 Å². The summed E-state index contributed by atoms with van der Waals surface area (Å²) in [5, 5.41) is 73.7. The number of ether oxygens (including phenoxy) is 2. The Morgan fingerprint density at radius 1 is 1.02 bits per heavy atom. The standard InChI is InChI=1S/C25H24B2FN3O12/c26-22(36)25(40,41)43-23(27,37)24(38,39)31(22)9-12-4-5-13(16(28)8-12)11-42-17-3-1-2-14-15(17)10-30(19(14)33)21(35)7-6-18(32)29-20(21)34/h1-5,8,35-41H,6-7,9-11H2,(H,29,32,34). The topological polar surface area (TPSA) is 230 Å². The van der Waals surface area contributed by atoms with Crippen molar-refractivity contribution < 1.29 is 64.0 Å². The van der Waals surface area contributed by atoms with E-state index in [0.29, 0.717) is 5.56 Å². The van der Waals surface area contributed by atoms with Gasteiger partial charge >= 0.3 is 5.97 Å². The molecule has 43 heavy (non-hydrogen) atoms. The molecule has 2 saturated heterocycles. The number of aliphatic hydroxyl groups is 7. The Bertz CT molecular complexity index is 1490. The molecule has 5 rings (SSSR count). The maximum Gasteiger partial charge on any atom is 0.315 e. The lowest BCUT2D eigenvalue weighted by molar-refractivity contribution is -0.560. The molecule has 3 heterocycles. The average molecular weight is 599 g/mol. The predicted octanol–water partition coefficient (Wildman–Crippen LogP) is -3.78. The molecule has 0 bridgehead atoms. The van der Waals surface area contributed by atoms with Crippen LogP contribution in [0.15, 0.2) is 36.4 Å². The highest BCUT2D eigenvalue weighted by Crippen LogP contribution is 2.42. The van der Waals surface area contributed by atoms with Gasteiger partial charge in [0.25, 0.3) is 17.7 Å². The van der Waals surface area contributed by atoms with Crippen LogP contribution in [0.25, 0.3) is 0 Å². The molecule has 0 aliphatic carbocycles. The molecule has 2 aromatic carbocycles. The van der Waals surface area contributed by atoms with Gasteiger partial charge in [-0.15, -0.1) is 0 Å². The highest BCUT2D eigenvalue weighted by Gasteiger charge is 2.69. The number of carbonyl (C=O) groups is 3. The maximum absolute atomic E-state index is 15.1. The van der Waals surface area contributed by atoms with Crippen LogP contribution in [0, 0.1) is 5.82 Å². The van der Waals surface area contributed by atoms with E-state index in [9.17, 15) is 50.1 Å². The molecule has 8 N–H and O–H groups in total. The summed E-state index contributed by atoms with van der Waals surface area (Å²) in [4.78, 5) is 37.8. The molecular formula is C25H24B2FN3O12. The van der Waals surface area contributed by atoms with Crippen LogP contribution in [0.2, 0.25) is 0 Å². The minimum Gasteiger partial charge on any atom is -0.488 e. The number of rotatable bonds is 6. The SMILES string of the molecule is [B]C1(O)OC(O)(O)C([B])(O)N(Cc2ccc(COc3cccc4c3CN(C3(O)CCC(=O)NC3=O)C4=O)c(F)c2)C1(O)O. The first-order valence-corrected chi connectivity index (χ1v) is 12.6. The first-order valence-electron chi connectivity index (χ1n) is 12.6. The summed E-state index contributed by atoms with van der Waals surface area (Å²) >= 11 is 0. The summed E-state index contributed by atoms with van der Waals surface area (Å²) in [6, 6.07) is 7.74. The first kappa shape index (κ1) is 31.0. The molecule has 3 aliphatic rings. The van der Waals surface area contributed by atoms with E-state index in [0.717, 1.165) is 11.0 Å². The minimum absolute atomic E-state index is 0.0374. The fourth-order valence-electron chi connectivity index (χ4n) is 5.03. The van der Waals surface area contributed by atoms with Gasteiger partial charge in [0.2, 0.25) is 11.6 Å². The van der Waals surface area contributed by atoms with Crippen LogP contribution in [0.1, 0.15) is 39.9 Å². The van der Waals surface area contributed by atoms with E-state index in [1.54, 1.807) is 0 Å². The number of nitrogens with one attached hydrogen (secondary N) is 1. The lowest BCUT2D eigenvalue weighted by Gasteiger charge is -2.59. The van der Waals surface area contributed by atoms with Crippen LogP contribution in [0.3, 0.4) is 0 Å². The third-order valence-corrected chi connectivity index (χ3v) is 7.58. The third-order valence-electron chi connectivity index (χ3n) is 7.58. The smallest absolute Gasteiger partial charge is 0.315 e. The Kier molecular flexibility index (Phi) is 7.24. The number of amides is 3. The molecule has 15 nitrogen and oxygen atoms in total. The number of fused-ring (bicyclic) bond motifs is 1. The van der Waals surface area contributed by atoms with Gasteiger partial charge in [-0.25, -0.2) is 9.29 Å². The van der Waals surface area contributed by atoms with Gasteiger partial charge in [0.1, 0.15) is 26.0 Å². The first-order chi connectivity index (χ1) is 19.8. The molecule has 3 aliphatic heterocycles. The molecule has 0 aromatic heterocycles. The fourth-order valence-corrected chi connectivity index (χ4v) is 5.03. The number of carbonyl (C=O) groups excluding carboxylic acids is 3. The third kappa shape index (κ3) is 4.90. The van der Waals surface area contributed by atoms with Crippen molar-refractivity contribution in [2.24, 2.45) is 0 Å². The summed E-state index contributed by atoms with van der Waals surface area (Å²) < 4.78 is 25.0. The maximum atomic E-state index is 15.1. The van der Waals surface area contributed by atoms with Crippen LogP contribution in [-0.2, 0) is 34.0 Å². The van der Waals surface area contributed by atoms with Crippen LogP contribution in [-0.4, -0.2) is 108 Å². The molecule has 0 spiro atoms. The van der Waals surface area contributed by atoms with E-state index in [2.05, 4.69) is 4.74 Å². The second-order valence-corrected chi connectivity index (χ2v) is 10.4. The van der Waals surface area contributed by atoms with Gasteiger partial charge in [0, 0.05) is 36.1 Å². The number of imide groups is 1. The van der Waals surface area contributed by atoms with Crippen molar-refractivity contribution in [3.05, 3.63) is 64.5 Å². The van der Waals surface area contributed by atoms with E-state index in [1.165, 1.54) is 30.3 Å². The molecule has 4 radical (unpaired) electrons. The van der Waals surface area contributed by atoms with Crippen molar-refractivity contribution in [1.29, 1.82) is 0 Å². The number of hydrogen-bond acceptors (Lipinski definition) is 13. The van der Waals surface area contributed by atoms with Crippen molar-refractivity contribution >= 4 is 33.4 Å². The average Bonchev–Trinajstić information content (AvgIpc) is 3.25. The summed E-state index contributed by atoms with van der Waals surface area (Å²) in [5.74, 6) is -10.6. The van der Waals surface area contributed by atoms with Gasteiger partial charge in [0.05, 0.1) is 6.54 Å². The zero-order valence-electron chi connectivity index (χ0n) is 22.1. The molecule has 2 aromatic rings. The number of piperidine rings is 1. The van der Waals surface area contributed by atoms with E-state index < -0.39 is 65.6 Å². The van der Waals surface area contributed by atoms with Gasteiger partial charge in [-0.05, 0) is 23.8 Å². The van der Waals surface area contributed by atoms with Gasteiger partial charge in [-0.3, -0.25) is 29.3 Å². The van der Waals surface area contributed by atoms with Crippen molar-refractivity contribution in [1.82, 2.24) is 15.1 Å². The molecule has 3 atom stereocenters. The summed E-state index contributed by atoms with van der Waals surface area (Å²) in [7, 11) is 10.6. The summed E-state index contributed by atoms with van der Waals surface area (Å²) in [6.07, 6.45) is -0.477. The molecule has 224 valence electrons. The molecular weight excluding hydrogens is 575 g/mol. The molecule has 3 unspecified atom stereocenters. The minimum atomic E-state index is -3.81. The Labute approximate surface area is 244 Å². The molecule has 18 heteroatoms. The van der Waals surface area contributed by atoms with Crippen molar-refractivity contribution in [2.75, 3.05) is 0 Å². The number of morpholine rings is 1. The predicted molar refractivity (Wildman–Crippen MR) is 137 cm³/mol. The molecule has 0 saturated carbocycles. The largest absolute Gasteiger partial charge is 0.488 e. The van der Waals surface area contributed by atoms with Crippen molar-refractivity contribution in [2.45, 2.75) is 61.5 Å². The zero-order chi connectivity index (χ0) is 31.8. The molecule has 3 amide bonds. The monoisotopic (exact) mass is 599 g/mol. The number of halogens is 1. The van der Waals surface area contributed by atoms with E-state index in [4.69, 9.17) is 20.4 Å². The highest BCUT2D eigenvalue weighted by atomic mass is 19.1. The quantitative estimate of drug-likeness (QED) is 0.0907. The lowest BCUT2D eigenvalue weighted by atomic mass is 9.78. The normalized spacial score (nSPS) is 30.2.